The van der Waals surface area contributed by atoms with E-state index in [9.17, 15) is 0 Å². The molecule has 0 unspecified atom stereocenters. The second kappa shape index (κ2) is 6.53. The van der Waals surface area contributed by atoms with Gasteiger partial charge in [-0.3, -0.25) is 9.67 Å². The Morgan fingerprint density at radius 3 is 2.83 bits per heavy atom. The highest BCUT2D eigenvalue weighted by Gasteiger charge is 2.11. The molecule has 0 aromatic carbocycles. The second-order valence-electron chi connectivity index (χ2n) is 5.16. The van der Waals surface area contributed by atoms with Crippen molar-refractivity contribution in [2.24, 2.45) is 0 Å². The van der Waals surface area contributed by atoms with Crippen LogP contribution in [0.4, 0.5) is 11.5 Å². The molecular formula is C16H18N6O. The average molecular weight is 310 g/mol. The lowest BCUT2D eigenvalue weighted by Crippen LogP contribution is -2.04. The Bertz CT molecular complexity index is 800. The third-order valence-electron chi connectivity index (χ3n) is 3.51. The zero-order valence-corrected chi connectivity index (χ0v) is 13.1. The molecule has 3 aromatic heterocycles. The van der Waals surface area contributed by atoms with Gasteiger partial charge in [-0.05, 0) is 26.0 Å². The molecule has 0 spiro atoms. The summed E-state index contributed by atoms with van der Waals surface area (Å²) in [7, 11) is 0. The number of hydrogen-bond acceptors (Lipinski definition) is 6. The molecule has 7 heteroatoms. The zero-order valence-electron chi connectivity index (χ0n) is 13.1. The van der Waals surface area contributed by atoms with Gasteiger partial charge in [0, 0.05) is 23.7 Å². The summed E-state index contributed by atoms with van der Waals surface area (Å²) in [6, 6.07) is 5.65. The summed E-state index contributed by atoms with van der Waals surface area (Å²) in [5, 5.41) is 16.4. The number of nitrogens with one attached hydrogen (secondary N) is 1. The number of aryl methyl sites for hydroxylation is 1. The second-order valence-corrected chi connectivity index (χ2v) is 5.16. The highest BCUT2D eigenvalue weighted by molar-refractivity contribution is 5.62. The first kappa shape index (κ1) is 15.1. The molecule has 23 heavy (non-hydrogen) atoms. The van der Waals surface area contributed by atoms with Crippen LogP contribution in [0.2, 0.25) is 0 Å². The number of anilines is 2. The summed E-state index contributed by atoms with van der Waals surface area (Å²) in [5.74, 6) is 1.31. The predicted octanol–water partition coefficient (Wildman–Crippen LogP) is 2.09. The van der Waals surface area contributed by atoms with Crippen molar-refractivity contribution in [2.75, 3.05) is 11.9 Å². The Balaban J connectivity index is 1.93. The van der Waals surface area contributed by atoms with E-state index in [1.54, 1.807) is 17.1 Å². The lowest BCUT2D eigenvalue weighted by molar-refractivity contribution is 0.269. The minimum Gasteiger partial charge on any atom is -0.394 e. The van der Waals surface area contributed by atoms with E-state index in [0.717, 1.165) is 28.5 Å². The van der Waals surface area contributed by atoms with Crippen LogP contribution >= 0.6 is 0 Å². The summed E-state index contributed by atoms with van der Waals surface area (Å²) >= 11 is 0. The Morgan fingerprint density at radius 1 is 1.22 bits per heavy atom. The Hall–Kier alpha value is -2.80. The van der Waals surface area contributed by atoms with Crippen LogP contribution < -0.4 is 5.32 Å². The van der Waals surface area contributed by atoms with Gasteiger partial charge in [0.05, 0.1) is 25.0 Å². The molecule has 3 heterocycles. The predicted molar refractivity (Wildman–Crippen MR) is 87.3 cm³/mol. The van der Waals surface area contributed by atoms with Crippen LogP contribution in [0.1, 0.15) is 11.3 Å². The van der Waals surface area contributed by atoms with E-state index in [2.05, 4.69) is 25.4 Å². The normalized spacial score (nSPS) is 10.7. The number of pyridine rings is 1. The molecule has 0 aliphatic heterocycles. The fourth-order valence-corrected chi connectivity index (χ4v) is 2.15. The molecular weight excluding hydrogens is 292 g/mol. The molecule has 0 saturated heterocycles. The zero-order chi connectivity index (χ0) is 16.2. The van der Waals surface area contributed by atoms with E-state index in [1.807, 2.05) is 38.2 Å². The summed E-state index contributed by atoms with van der Waals surface area (Å²) in [6.45, 7) is 4.43. The Morgan fingerprint density at radius 2 is 2.09 bits per heavy atom. The van der Waals surface area contributed by atoms with Crippen molar-refractivity contribution < 1.29 is 5.11 Å². The van der Waals surface area contributed by atoms with E-state index in [1.165, 1.54) is 0 Å². The third kappa shape index (κ3) is 3.35. The SMILES string of the molecule is Cc1nc(-c2ccccn2)nc(Nc2cnn(CCO)c2)c1C. The summed E-state index contributed by atoms with van der Waals surface area (Å²) < 4.78 is 1.67. The average Bonchev–Trinajstić information content (AvgIpc) is 3.00. The smallest absolute Gasteiger partial charge is 0.180 e. The molecule has 0 fully saturated rings. The van der Waals surface area contributed by atoms with Crippen LogP contribution in [0.15, 0.2) is 36.8 Å². The molecule has 0 atom stereocenters. The van der Waals surface area contributed by atoms with Crippen molar-refractivity contribution in [3.05, 3.63) is 48.0 Å². The molecule has 3 rings (SSSR count). The number of aliphatic hydroxyl groups excluding tert-OH is 1. The van der Waals surface area contributed by atoms with Crippen molar-refractivity contribution in [3.8, 4) is 11.5 Å². The topological polar surface area (TPSA) is 88.8 Å². The lowest BCUT2D eigenvalue weighted by atomic mass is 10.2. The van der Waals surface area contributed by atoms with Gasteiger partial charge in [0.25, 0.3) is 0 Å². The van der Waals surface area contributed by atoms with Crippen molar-refractivity contribution in [1.29, 1.82) is 0 Å². The fraction of sp³-hybridized carbons (Fsp3) is 0.250. The first-order valence-electron chi connectivity index (χ1n) is 7.34. The van der Waals surface area contributed by atoms with Gasteiger partial charge in [0.15, 0.2) is 5.82 Å². The quantitative estimate of drug-likeness (QED) is 0.750. The van der Waals surface area contributed by atoms with E-state index in [0.29, 0.717) is 12.4 Å². The van der Waals surface area contributed by atoms with Gasteiger partial charge in [0.1, 0.15) is 11.5 Å². The standard InChI is InChI=1S/C16H18N6O/c1-11-12(2)19-16(14-5-3-4-6-17-14)21-15(11)20-13-9-18-22(10-13)7-8-23/h3-6,9-10,23H,7-8H2,1-2H3,(H,19,20,21). The molecule has 118 valence electrons. The van der Waals surface area contributed by atoms with Crippen LogP contribution in [-0.2, 0) is 6.54 Å². The molecule has 3 aromatic rings. The highest BCUT2D eigenvalue weighted by atomic mass is 16.3. The minimum absolute atomic E-state index is 0.0522. The maximum absolute atomic E-state index is 8.95. The van der Waals surface area contributed by atoms with Crippen molar-refractivity contribution >= 4 is 11.5 Å². The number of aromatic nitrogens is 5. The maximum Gasteiger partial charge on any atom is 0.180 e. The molecule has 0 radical (unpaired) electrons. The maximum atomic E-state index is 8.95. The molecule has 0 aliphatic rings. The van der Waals surface area contributed by atoms with Crippen molar-refractivity contribution in [3.63, 3.8) is 0 Å². The van der Waals surface area contributed by atoms with Gasteiger partial charge < -0.3 is 10.4 Å². The van der Waals surface area contributed by atoms with Gasteiger partial charge in [-0.2, -0.15) is 5.10 Å². The highest BCUT2D eigenvalue weighted by Crippen LogP contribution is 2.23. The first-order chi connectivity index (χ1) is 11.2. The van der Waals surface area contributed by atoms with Crippen LogP contribution in [-0.4, -0.2) is 36.4 Å². The number of hydrogen-bond donors (Lipinski definition) is 2. The minimum atomic E-state index is 0.0522. The van der Waals surface area contributed by atoms with Crippen LogP contribution in [0.3, 0.4) is 0 Å². The number of rotatable bonds is 5. The molecule has 2 N–H and O–H groups in total. The molecule has 7 nitrogen and oxygen atoms in total. The lowest BCUT2D eigenvalue weighted by Gasteiger charge is -2.11. The molecule has 0 aliphatic carbocycles. The van der Waals surface area contributed by atoms with Crippen LogP contribution in [0, 0.1) is 13.8 Å². The van der Waals surface area contributed by atoms with Gasteiger partial charge in [0.2, 0.25) is 0 Å². The largest absolute Gasteiger partial charge is 0.394 e. The van der Waals surface area contributed by atoms with Gasteiger partial charge in [-0.1, -0.05) is 6.07 Å². The molecule has 0 bridgehead atoms. The van der Waals surface area contributed by atoms with Crippen molar-refractivity contribution in [1.82, 2.24) is 24.7 Å². The van der Waals surface area contributed by atoms with Gasteiger partial charge in [-0.15, -0.1) is 0 Å². The molecule has 0 amide bonds. The summed E-state index contributed by atoms with van der Waals surface area (Å²) in [4.78, 5) is 13.4. The molecule has 0 saturated carbocycles. The van der Waals surface area contributed by atoms with Crippen LogP contribution in [0.25, 0.3) is 11.5 Å². The summed E-state index contributed by atoms with van der Waals surface area (Å²) in [5.41, 5.74) is 3.41. The van der Waals surface area contributed by atoms with Crippen LogP contribution in [0.5, 0.6) is 0 Å². The fourth-order valence-electron chi connectivity index (χ4n) is 2.15. The van der Waals surface area contributed by atoms with Gasteiger partial charge in [-0.25, -0.2) is 9.97 Å². The van der Waals surface area contributed by atoms with Gasteiger partial charge >= 0.3 is 0 Å². The number of aliphatic hydroxyl groups is 1. The Kier molecular flexibility index (Phi) is 4.29. The van der Waals surface area contributed by atoms with E-state index in [4.69, 9.17) is 5.11 Å². The monoisotopic (exact) mass is 310 g/mol. The Labute approximate surface area is 134 Å². The third-order valence-corrected chi connectivity index (χ3v) is 3.51. The summed E-state index contributed by atoms with van der Waals surface area (Å²) in [6.07, 6.45) is 5.25. The van der Waals surface area contributed by atoms with E-state index >= 15 is 0 Å². The number of nitrogens with zero attached hydrogens (tertiary/aromatic N) is 5. The first-order valence-corrected chi connectivity index (χ1v) is 7.34. The van der Waals surface area contributed by atoms with E-state index in [-0.39, 0.29) is 6.61 Å². The van der Waals surface area contributed by atoms with E-state index < -0.39 is 0 Å². The van der Waals surface area contributed by atoms with Crippen molar-refractivity contribution in [2.45, 2.75) is 20.4 Å².